The Balaban J connectivity index is 1.36. The molecule has 224 valence electrons. The standard InChI is InChI=1S/C35H52N4OS/c1-6-38(7-2)31(23-28-15-17-29(18-16-28)35(5,36)32-26(4)19-21-41-32)33-37-30(22-27-13-9-8-10-14-27)34(40-33)39-20-11-12-25(3)24-39/h8-10,13-14,19,21,25,28-29,31H,6-7,11-12,15-18,20,22-24,36H2,1-5H3. The Labute approximate surface area is 252 Å². The van der Waals surface area contributed by atoms with E-state index in [1.165, 1.54) is 54.5 Å². The summed E-state index contributed by atoms with van der Waals surface area (Å²) < 4.78 is 6.86. The van der Waals surface area contributed by atoms with Gasteiger partial charge in [-0.3, -0.25) is 4.90 Å². The third-order valence-electron chi connectivity index (χ3n) is 9.99. The van der Waals surface area contributed by atoms with Gasteiger partial charge in [-0.1, -0.05) is 63.9 Å². The van der Waals surface area contributed by atoms with Crippen LogP contribution in [0.4, 0.5) is 5.88 Å². The quantitative estimate of drug-likeness (QED) is 0.249. The van der Waals surface area contributed by atoms with Crippen LogP contribution in [0.3, 0.4) is 0 Å². The van der Waals surface area contributed by atoms with Gasteiger partial charge in [0.15, 0.2) is 0 Å². The minimum absolute atomic E-state index is 0.209. The van der Waals surface area contributed by atoms with Crippen molar-refractivity contribution in [3.8, 4) is 0 Å². The van der Waals surface area contributed by atoms with Gasteiger partial charge >= 0.3 is 0 Å². The van der Waals surface area contributed by atoms with E-state index >= 15 is 0 Å². The highest BCUT2D eigenvalue weighted by molar-refractivity contribution is 7.10. The molecule has 2 aromatic heterocycles. The SMILES string of the molecule is CCN(CC)C(CC1CCC(C(C)(N)c2sccc2C)CC1)c1nc(Cc2ccccc2)c(N2CCCC(C)C2)o1. The van der Waals surface area contributed by atoms with Gasteiger partial charge in [0.1, 0.15) is 5.69 Å². The lowest BCUT2D eigenvalue weighted by molar-refractivity contribution is 0.122. The lowest BCUT2D eigenvalue weighted by atomic mass is 9.70. The fourth-order valence-electron chi connectivity index (χ4n) is 7.52. The van der Waals surface area contributed by atoms with Crippen LogP contribution in [0.25, 0.3) is 0 Å². The van der Waals surface area contributed by atoms with E-state index in [0.29, 0.717) is 17.8 Å². The molecular weight excluding hydrogens is 524 g/mol. The number of piperidine rings is 1. The summed E-state index contributed by atoms with van der Waals surface area (Å²) in [6.07, 6.45) is 9.29. The zero-order chi connectivity index (χ0) is 29.0. The van der Waals surface area contributed by atoms with E-state index in [1.54, 1.807) is 0 Å². The highest BCUT2D eigenvalue weighted by atomic mass is 32.1. The second-order valence-corrected chi connectivity index (χ2v) is 14.0. The van der Waals surface area contributed by atoms with E-state index in [0.717, 1.165) is 56.5 Å². The minimum atomic E-state index is -0.239. The summed E-state index contributed by atoms with van der Waals surface area (Å²) in [7, 11) is 0. The molecule has 1 aliphatic carbocycles. The number of nitrogens with two attached hydrogens (primary N) is 1. The molecule has 5 nitrogen and oxygen atoms in total. The number of anilines is 1. The predicted molar refractivity (Wildman–Crippen MR) is 173 cm³/mol. The highest BCUT2D eigenvalue weighted by Crippen LogP contribution is 2.45. The number of thiophene rings is 1. The van der Waals surface area contributed by atoms with Crippen LogP contribution in [-0.2, 0) is 12.0 Å². The van der Waals surface area contributed by atoms with Gasteiger partial charge in [-0.25, -0.2) is 4.98 Å². The van der Waals surface area contributed by atoms with Crippen LogP contribution in [0.2, 0.25) is 0 Å². The van der Waals surface area contributed by atoms with Crippen LogP contribution in [0.5, 0.6) is 0 Å². The summed E-state index contributed by atoms with van der Waals surface area (Å²) in [4.78, 5) is 11.7. The molecule has 1 saturated carbocycles. The van der Waals surface area contributed by atoms with Crippen LogP contribution >= 0.6 is 11.3 Å². The van der Waals surface area contributed by atoms with E-state index in [9.17, 15) is 0 Å². The van der Waals surface area contributed by atoms with Crippen molar-refractivity contribution in [3.63, 3.8) is 0 Å². The van der Waals surface area contributed by atoms with Gasteiger partial charge in [0, 0.05) is 24.4 Å². The number of rotatable bonds is 11. The van der Waals surface area contributed by atoms with Crippen molar-refractivity contribution < 1.29 is 4.42 Å². The molecule has 1 aliphatic heterocycles. The molecule has 6 heteroatoms. The van der Waals surface area contributed by atoms with Crippen molar-refractivity contribution in [2.75, 3.05) is 31.1 Å². The normalized spacial score (nSPS) is 24.0. The molecule has 2 fully saturated rings. The van der Waals surface area contributed by atoms with Gasteiger partial charge in [0.25, 0.3) is 0 Å². The maximum Gasteiger partial charge on any atom is 0.220 e. The number of benzene rings is 1. The Hall–Kier alpha value is -2.15. The fraction of sp³-hybridized carbons (Fsp3) is 0.629. The maximum atomic E-state index is 7.02. The first-order valence-corrected chi connectivity index (χ1v) is 17.0. The largest absolute Gasteiger partial charge is 0.423 e. The molecule has 0 bridgehead atoms. The fourth-order valence-corrected chi connectivity index (χ4v) is 8.61. The summed E-state index contributed by atoms with van der Waals surface area (Å²) in [6, 6.07) is 13.2. The van der Waals surface area contributed by atoms with E-state index in [4.69, 9.17) is 15.1 Å². The monoisotopic (exact) mass is 576 g/mol. The molecule has 0 spiro atoms. The first-order chi connectivity index (χ1) is 19.8. The van der Waals surface area contributed by atoms with Crippen molar-refractivity contribution >= 4 is 17.2 Å². The summed E-state index contributed by atoms with van der Waals surface area (Å²) in [5.74, 6) is 3.83. The number of oxazole rings is 1. The maximum absolute atomic E-state index is 7.02. The third-order valence-corrected chi connectivity index (χ3v) is 11.3. The van der Waals surface area contributed by atoms with Crippen LogP contribution in [0.15, 0.2) is 46.2 Å². The number of nitrogens with zero attached hydrogens (tertiary/aromatic N) is 3. The van der Waals surface area contributed by atoms with Crippen molar-refractivity contribution in [2.24, 2.45) is 23.5 Å². The molecule has 2 N–H and O–H groups in total. The smallest absolute Gasteiger partial charge is 0.220 e. The number of aromatic nitrogens is 1. The summed E-state index contributed by atoms with van der Waals surface area (Å²) in [5, 5.41) is 2.19. The first kappa shape index (κ1) is 30.3. The van der Waals surface area contributed by atoms with Crippen molar-refractivity contribution in [1.82, 2.24) is 9.88 Å². The van der Waals surface area contributed by atoms with Crippen LogP contribution in [0, 0.1) is 24.7 Å². The average molecular weight is 577 g/mol. The zero-order valence-electron chi connectivity index (χ0n) is 26.1. The van der Waals surface area contributed by atoms with Gasteiger partial charge < -0.3 is 15.1 Å². The molecule has 3 aromatic rings. The second kappa shape index (κ2) is 13.4. The zero-order valence-corrected chi connectivity index (χ0v) is 26.9. The lowest BCUT2D eigenvalue weighted by Crippen LogP contribution is -2.43. The highest BCUT2D eigenvalue weighted by Gasteiger charge is 2.38. The Morgan fingerprint density at radius 3 is 2.46 bits per heavy atom. The van der Waals surface area contributed by atoms with Crippen molar-refractivity contribution in [2.45, 2.75) is 97.6 Å². The molecule has 3 atom stereocenters. The van der Waals surface area contributed by atoms with Gasteiger partial charge in [-0.05, 0) is 99.4 Å². The molecule has 3 unspecified atom stereocenters. The van der Waals surface area contributed by atoms with Crippen molar-refractivity contribution in [1.29, 1.82) is 0 Å². The van der Waals surface area contributed by atoms with Crippen LogP contribution in [0.1, 0.15) is 106 Å². The van der Waals surface area contributed by atoms with Gasteiger partial charge in [-0.15, -0.1) is 11.3 Å². The Morgan fingerprint density at radius 1 is 1.10 bits per heavy atom. The second-order valence-electron chi connectivity index (χ2n) is 13.1. The third kappa shape index (κ3) is 6.92. The van der Waals surface area contributed by atoms with Crippen LogP contribution < -0.4 is 10.6 Å². The summed E-state index contributed by atoms with van der Waals surface area (Å²) in [6.45, 7) is 15.5. The van der Waals surface area contributed by atoms with E-state index < -0.39 is 0 Å². The molecule has 5 rings (SSSR count). The van der Waals surface area contributed by atoms with Gasteiger partial charge in [0.05, 0.1) is 11.6 Å². The molecule has 1 aromatic carbocycles. The molecule has 41 heavy (non-hydrogen) atoms. The van der Waals surface area contributed by atoms with Crippen molar-refractivity contribution in [3.05, 3.63) is 69.4 Å². The van der Waals surface area contributed by atoms with E-state index in [-0.39, 0.29) is 11.6 Å². The molecule has 0 radical (unpaired) electrons. The number of hydrogen-bond acceptors (Lipinski definition) is 6. The first-order valence-electron chi connectivity index (χ1n) is 16.2. The average Bonchev–Trinajstić information content (AvgIpc) is 3.60. The van der Waals surface area contributed by atoms with Gasteiger partial charge in [-0.2, -0.15) is 0 Å². The van der Waals surface area contributed by atoms with E-state index in [1.807, 2.05) is 11.3 Å². The number of aryl methyl sites for hydroxylation is 1. The number of hydrogen-bond donors (Lipinski definition) is 1. The summed E-state index contributed by atoms with van der Waals surface area (Å²) in [5.41, 5.74) is 10.5. The molecule has 3 heterocycles. The Kier molecular flexibility index (Phi) is 9.93. The topological polar surface area (TPSA) is 58.5 Å². The molecule has 0 amide bonds. The molecular formula is C35H52N4OS. The van der Waals surface area contributed by atoms with Gasteiger partial charge in [0.2, 0.25) is 11.8 Å². The minimum Gasteiger partial charge on any atom is -0.423 e. The molecule has 2 aliphatic rings. The van der Waals surface area contributed by atoms with E-state index in [2.05, 4.69) is 86.2 Å². The van der Waals surface area contributed by atoms with Crippen LogP contribution in [-0.4, -0.2) is 36.1 Å². The Morgan fingerprint density at radius 2 is 1.83 bits per heavy atom. The summed E-state index contributed by atoms with van der Waals surface area (Å²) >= 11 is 1.83. The predicted octanol–water partition coefficient (Wildman–Crippen LogP) is 8.33. The Bertz CT molecular complexity index is 1220. The molecule has 1 saturated heterocycles. The lowest BCUT2D eigenvalue weighted by Gasteiger charge is -2.40.